The third-order valence-corrected chi connectivity index (χ3v) is 5.01. The Bertz CT molecular complexity index is 932. The average molecular weight is 368 g/mol. The number of nitrogens with one attached hydrogen (secondary N) is 1. The summed E-state index contributed by atoms with van der Waals surface area (Å²) < 4.78 is 18.4. The van der Waals surface area contributed by atoms with Gasteiger partial charge in [0.2, 0.25) is 5.91 Å². The number of aromatic amines is 1. The molecule has 1 aromatic carbocycles. The van der Waals surface area contributed by atoms with Gasteiger partial charge in [-0.3, -0.25) is 9.89 Å². The van der Waals surface area contributed by atoms with Crippen molar-refractivity contribution in [2.24, 2.45) is 0 Å². The van der Waals surface area contributed by atoms with Crippen molar-refractivity contribution in [1.82, 2.24) is 20.3 Å². The third-order valence-electron chi connectivity index (χ3n) is 5.01. The minimum atomic E-state index is -0.293. The molecule has 27 heavy (non-hydrogen) atoms. The topological polar surface area (TPSA) is 75.0 Å². The number of hydrogen-bond acceptors (Lipinski definition) is 4. The van der Waals surface area contributed by atoms with Crippen LogP contribution in [0.4, 0.5) is 4.39 Å². The molecule has 0 bridgehead atoms. The molecule has 1 N–H and O–H groups in total. The van der Waals surface area contributed by atoms with Crippen LogP contribution in [0.15, 0.2) is 41.1 Å². The van der Waals surface area contributed by atoms with Crippen molar-refractivity contribution in [3.8, 4) is 11.3 Å². The fourth-order valence-electron chi connectivity index (χ4n) is 3.62. The molecule has 140 valence electrons. The van der Waals surface area contributed by atoms with Gasteiger partial charge in [-0.2, -0.15) is 5.10 Å². The van der Waals surface area contributed by atoms with Gasteiger partial charge in [0, 0.05) is 25.1 Å². The van der Waals surface area contributed by atoms with Crippen molar-refractivity contribution in [2.75, 3.05) is 13.1 Å². The van der Waals surface area contributed by atoms with Crippen LogP contribution in [0.3, 0.4) is 0 Å². The summed E-state index contributed by atoms with van der Waals surface area (Å²) in [6, 6.07) is 7.98. The molecule has 0 saturated carbocycles. The van der Waals surface area contributed by atoms with E-state index in [0.717, 1.165) is 41.9 Å². The number of carbonyl (C=O) groups excluding carboxylic acids is 1. The molecule has 0 spiro atoms. The van der Waals surface area contributed by atoms with Gasteiger partial charge >= 0.3 is 0 Å². The minimum Gasteiger partial charge on any atom is -0.356 e. The van der Waals surface area contributed by atoms with E-state index in [0.29, 0.717) is 12.3 Å². The summed E-state index contributed by atoms with van der Waals surface area (Å²) in [7, 11) is 0. The first-order valence-electron chi connectivity index (χ1n) is 9.09. The average Bonchev–Trinajstić information content (AvgIpc) is 3.32. The van der Waals surface area contributed by atoms with Crippen molar-refractivity contribution in [2.45, 2.75) is 32.1 Å². The number of nitrogens with zero attached hydrogens (tertiary/aromatic N) is 3. The zero-order valence-electron chi connectivity index (χ0n) is 15.1. The first-order valence-corrected chi connectivity index (χ1v) is 9.09. The van der Waals surface area contributed by atoms with Crippen LogP contribution in [-0.2, 0) is 11.2 Å². The van der Waals surface area contributed by atoms with Crippen molar-refractivity contribution >= 4 is 5.91 Å². The van der Waals surface area contributed by atoms with E-state index in [4.69, 9.17) is 4.52 Å². The fourth-order valence-corrected chi connectivity index (χ4v) is 3.62. The Balaban J connectivity index is 1.48. The van der Waals surface area contributed by atoms with Crippen LogP contribution >= 0.6 is 0 Å². The van der Waals surface area contributed by atoms with Gasteiger partial charge < -0.3 is 9.42 Å². The summed E-state index contributed by atoms with van der Waals surface area (Å²) in [6.07, 6.45) is 3.93. The molecule has 6 nitrogen and oxygen atoms in total. The summed E-state index contributed by atoms with van der Waals surface area (Å²) in [5.74, 6) is 0.617. The van der Waals surface area contributed by atoms with Gasteiger partial charge in [0.15, 0.2) is 5.76 Å². The highest BCUT2D eigenvalue weighted by Crippen LogP contribution is 2.33. The van der Waals surface area contributed by atoms with Crippen molar-refractivity contribution in [1.29, 1.82) is 0 Å². The third kappa shape index (κ3) is 3.77. The number of hydrogen-bond donors (Lipinski definition) is 1. The van der Waals surface area contributed by atoms with Crippen LogP contribution in [-0.4, -0.2) is 39.3 Å². The van der Waals surface area contributed by atoms with Crippen LogP contribution in [0.2, 0.25) is 0 Å². The Labute approximate surface area is 156 Å². The molecule has 1 amide bonds. The van der Waals surface area contributed by atoms with E-state index < -0.39 is 0 Å². The van der Waals surface area contributed by atoms with Gasteiger partial charge in [0.05, 0.1) is 29.6 Å². The smallest absolute Gasteiger partial charge is 0.227 e. The normalized spacial score (nSPS) is 17.3. The number of halogens is 1. The van der Waals surface area contributed by atoms with Gasteiger partial charge in [0.25, 0.3) is 0 Å². The zero-order valence-corrected chi connectivity index (χ0v) is 15.1. The molecule has 1 fully saturated rings. The van der Waals surface area contributed by atoms with E-state index in [1.165, 1.54) is 12.1 Å². The van der Waals surface area contributed by atoms with Crippen molar-refractivity contribution in [3.63, 3.8) is 0 Å². The highest BCUT2D eigenvalue weighted by Gasteiger charge is 2.28. The van der Waals surface area contributed by atoms with E-state index in [1.54, 1.807) is 18.3 Å². The molecule has 0 aliphatic carbocycles. The Kier molecular flexibility index (Phi) is 4.75. The molecule has 3 aromatic rings. The van der Waals surface area contributed by atoms with Crippen LogP contribution in [0.1, 0.15) is 35.7 Å². The first-order chi connectivity index (χ1) is 13.1. The maximum atomic E-state index is 13.0. The highest BCUT2D eigenvalue weighted by atomic mass is 19.1. The van der Waals surface area contributed by atoms with E-state index in [9.17, 15) is 9.18 Å². The second kappa shape index (κ2) is 7.34. The Hall–Kier alpha value is -2.96. The quantitative estimate of drug-likeness (QED) is 0.765. The molecule has 0 unspecified atom stereocenters. The fraction of sp³-hybridized carbons (Fsp3) is 0.350. The SMILES string of the molecule is Cc1cc(-c2cn[nH]c2[C@@H]2CCCN(C(=O)Cc3ccc(F)cc3)C2)on1. The van der Waals surface area contributed by atoms with Crippen molar-refractivity contribution < 1.29 is 13.7 Å². The second-order valence-electron chi connectivity index (χ2n) is 7.01. The summed E-state index contributed by atoms with van der Waals surface area (Å²) in [6.45, 7) is 3.24. The van der Waals surface area contributed by atoms with Gasteiger partial charge in [-0.05, 0) is 37.5 Å². The number of carbonyl (C=O) groups is 1. The number of aromatic nitrogens is 3. The van der Waals surface area contributed by atoms with E-state index in [-0.39, 0.29) is 24.1 Å². The van der Waals surface area contributed by atoms with Crippen LogP contribution in [0, 0.1) is 12.7 Å². The predicted octanol–water partition coefficient (Wildman–Crippen LogP) is 3.46. The minimum absolute atomic E-state index is 0.0582. The number of likely N-dealkylation sites (tertiary alicyclic amines) is 1. The molecule has 0 radical (unpaired) electrons. The molecule has 1 saturated heterocycles. The number of amides is 1. The zero-order chi connectivity index (χ0) is 18.8. The molecule has 7 heteroatoms. The number of H-pyrrole nitrogens is 1. The maximum absolute atomic E-state index is 13.0. The van der Waals surface area contributed by atoms with Crippen LogP contribution in [0.25, 0.3) is 11.3 Å². The lowest BCUT2D eigenvalue weighted by atomic mass is 9.91. The number of piperidine rings is 1. The Morgan fingerprint density at radius 2 is 2.19 bits per heavy atom. The standard InChI is InChI=1S/C20H21FN4O2/c1-13-9-18(27-24-13)17-11-22-23-20(17)15-3-2-8-25(12-15)19(26)10-14-4-6-16(21)7-5-14/h4-7,9,11,15H,2-3,8,10,12H2,1H3,(H,22,23)/t15-/m1/s1. The highest BCUT2D eigenvalue weighted by molar-refractivity contribution is 5.79. The lowest BCUT2D eigenvalue weighted by Crippen LogP contribution is -2.40. The van der Waals surface area contributed by atoms with Crippen LogP contribution in [0.5, 0.6) is 0 Å². The summed E-state index contributed by atoms with van der Waals surface area (Å²) >= 11 is 0. The van der Waals surface area contributed by atoms with Crippen molar-refractivity contribution in [3.05, 3.63) is 59.3 Å². The predicted molar refractivity (Wildman–Crippen MR) is 97.5 cm³/mol. The molecule has 4 rings (SSSR count). The number of rotatable bonds is 4. The van der Waals surface area contributed by atoms with Gasteiger partial charge in [-0.15, -0.1) is 0 Å². The monoisotopic (exact) mass is 368 g/mol. The molecule has 1 aliphatic rings. The van der Waals surface area contributed by atoms with E-state index in [1.807, 2.05) is 17.9 Å². The summed E-state index contributed by atoms with van der Waals surface area (Å²) in [5.41, 5.74) is 3.51. The largest absolute Gasteiger partial charge is 0.356 e. The van der Waals surface area contributed by atoms with Crippen LogP contribution < -0.4 is 0 Å². The lowest BCUT2D eigenvalue weighted by Gasteiger charge is -2.32. The molecular weight excluding hydrogens is 347 g/mol. The second-order valence-corrected chi connectivity index (χ2v) is 7.01. The molecule has 1 atom stereocenters. The summed E-state index contributed by atoms with van der Waals surface area (Å²) in [5, 5.41) is 11.2. The van der Waals surface area contributed by atoms with E-state index >= 15 is 0 Å². The van der Waals surface area contributed by atoms with E-state index in [2.05, 4.69) is 15.4 Å². The Morgan fingerprint density at radius 1 is 1.37 bits per heavy atom. The molecule has 2 aromatic heterocycles. The van der Waals surface area contributed by atoms with Gasteiger partial charge in [0.1, 0.15) is 5.82 Å². The first kappa shape index (κ1) is 17.5. The maximum Gasteiger partial charge on any atom is 0.227 e. The Morgan fingerprint density at radius 3 is 2.93 bits per heavy atom. The van der Waals surface area contributed by atoms with Gasteiger partial charge in [-0.25, -0.2) is 4.39 Å². The molecular formula is C20H21FN4O2. The number of aryl methyl sites for hydroxylation is 1. The lowest BCUT2D eigenvalue weighted by molar-refractivity contribution is -0.131. The molecule has 1 aliphatic heterocycles. The molecule has 3 heterocycles. The van der Waals surface area contributed by atoms with Gasteiger partial charge in [-0.1, -0.05) is 17.3 Å². The summed E-state index contributed by atoms with van der Waals surface area (Å²) in [4.78, 5) is 14.6. The number of benzene rings is 1.